The molecule has 0 saturated heterocycles. The molecular weight excluding hydrogens is 404 g/mol. The maximum atomic E-state index is 12.1. The zero-order chi connectivity index (χ0) is 21.3. The summed E-state index contributed by atoms with van der Waals surface area (Å²) in [5, 5.41) is 3.43. The Morgan fingerprint density at radius 3 is 2.53 bits per heavy atom. The fourth-order valence-electron chi connectivity index (χ4n) is 2.67. The summed E-state index contributed by atoms with van der Waals surface area (Å²) in [4.78, 5) is 16.3. The van der Waals surface area contributed by atoms with Crippen LogP contribution in [-0.2, 0) is 11.3 Å². The van der Waals surface area contributed by atoms with Crippen LogP contribution < -0.4 is 19.5 Å². The number of para-hydroxylation sites is 2. The lowest BCUT2D eigenvalue weighted by Gasteiger charge is -2.11. The Kier molecular flexibility index (Phi) is 7.51. The number of pyridine rings is 1. The second-order valence-electron chi connectivity index (χ2n) is 6.46. The van der Waals surface area contributed by atoms with Crippen LogP contribution >= 0.6 is 11.6 Å². The van der Waals surface area contributed by atoms with E-state index < -0.39 is 0 Å². The molecule has 2 aromatic carbocycles. The molecule has 1 N–H and O–H groups in total. The van der Waals surface area contributed by atoms with Crippen molar-refractivity contribution in [3.8, 4) is 23.1 Å². The Balaban J connectivity index is 1.49. The number of benzene rings is 2. The molecule has 0 saturated carbocycles. The third kappa shape index (κ3) is 6.12. The molecule has 1 amide bonds. The smallest absolute Gasteiger partial charge is 0.258 e. The highest BCUT2D eigenvalue weighted by atomic mass is 35.5. The number of hydrogen-bond donors (Lipinski definition) is 1. The molecule has 30 heavy (non-hydrogen) atoms. The lowest BCUT2D eigenvalue weighted by molar-refractivity contribution is -0.123. The van der Waals surface area contributed by atoms with Crippen molar-refractivity contribution in [1.29, 1.82) is 0 Å². The monoisotopic (exact) mass is 426 g/mol. The Bertz CT molecular complexity index is 993. The molecule has 3 rings (SSSR count). The van der Waals surface area contributed by atoms with Gasteiger partial charge in [-0.25, -0.2) is 4.98 Å². The number of carbonyl (C=O) groups excluding carboxylic acids is 1. The van der Waals surface area contributed by atoms with Crippen LogP contribution in [0.3, 0.4) is 0 Å². The Hall–Kier alpha value is -3.25. The van der Waals surface area contributed by atoms with Crippen molar-refractivity contribution in [1.82, 2.24) is 10.3 Å². The van der Waals surface area contributed by atoms with Crippen LogP contribution in [0.25, 0.3) is 0 Å². The fraction of sp³-hybridized carbons (Fsp3) is 0.217. The van der Waals surface area contributed by atoms with Crippen LogP contribution in [0.5, 0.6) is 23.1 Å². The average Bonchev–Trinajstić information content (AvgIpc) is 2.74. The van der Waals surface area contributed by atoms with Crippen molar-refractivity contribution in [2.45, 2.75) is 20.4 Å². The molecule has 0 radical (unpaired) electrons. The largest absolute Gasteiger partial charge is 0.490 e. The van der Waals surface area contributed by atoms with E-state index in [-0.39, 0.29) is 12.5 Å². The van der Waals surface area contributed by atoms with Crippen molar-refractivity contribution in [3.63, 3.8) is 0 Å². The maximum Gasteiger partial charge on any atom is 0.258 e. The predicted molar refractivity (Wildman–Crippen MR) is 115 cm³/mol. The van der Waals surface area contributed by atoms with Crippen molar-refractivity contribution in [2.24, 2.45) is 0 Å². The first-order valence-corrected chi connectivity index (χ1v) is 9.93. The molecular formula is C23H23ClN2O4. The van der Waals surface area contributed by atoms with E-state index in [1.54, 1.807) is 30.5 Å². The third-order valence-corrected chi connectivity index (χ3v) is 4.38. The minimum absolute atomic E-state index is 0.0781. The lowest BCUT2D eigenvalue weighted by Crippen LogP contribution is -2.28. The van der Waals surface area contributed by atoms with E-state index in [1.807, 2.05) is 44.2 Å². The zero-order valence-corrected chi connectivity index (χ0v) is 17.6. The molecule has 6 nitrogen and oxygen atoms in total. The van der Waals surface area contributed by atoms with E-state index in [9.17, 15) is 4.79 Å². The summed E-state index contributed by atoms with van der Waals surface area (Å²) in [5.41, 5.74) is 1.72. The van der Waals surface area contributed by atoms with Crippen LogP contribution in [-0.4, -0.2) is 24.1 Å². The SMILES string of the molecule is CCOc1ccccc1Oc1ccc(CNC(=O)COc2ccc(Cl)cc2C)cn1. The van der Waals surface area contributed by atoms with Crippen molar-refractivity contribution in [2.75, 3.05) is 13.2 Å². The second-order valence-corrected chi connectivity index (χ2v) is 6.90. The van der Waals surface area contributed by atoms with Crippen LogP contribution in [0, 0.1) is 6.92 Å². The van der Waals surface area contributed by atoms with Crippen LogP contribution in [0.1, 0.15) is 18.1 Å². The van der Waals surface area contributed by atoms with E-state index in [1.165, 1.54) is 0 Å². The van der Waals surface area contributed by atoms with E-state index in [4.69, 9.17) is 25.8 Å². The molecule has 1 heterocycles. The first kappa shape index (κ1) is 21.5. The molecule has 0 fully saturated rings. The second kappa shape index (κ2) is 10.5. The lowest BCUT2D eigenvalue weighted by atomic mass is 10.2. The van der Waals surface area contributed by atoms with Gasteiger partial charge < -0.3 is 19.5 Å². The quantitative estimate of drug-likeness (QED) is 0.525. The highest BCUT2D eigenvalue weighted by Gasteiger charge is 2.08. The Labute approximate surface area is 180 Å². The minimum Gasteiger partial charge on any atom is -0.490 e. The fourth-order valence-corrected chi connectivity index (χ4v) is 2.89. The average molecular weight is 427 g/mol. The Morgan fingerprint density at radius 2 is 1.83 bits per heavy atom. The molecule has 7 heteroatoms. The molecule has 0 aliphatic heterocycles. The van der Waals surface area contributed by atoms with Gasteiger partial charge in [0.1, 0.15) is 5.75 Å². The van der Waals surface area contributed by atoms with Gasteiger partial charge in [-0.15, -0.1) is 0 Å². The summed E-state index contributed by atoms with van der Waals surface area (Å²) < 4.78 is 16.9. The van der Waals surface area contributed by atoms with Gasteiger partial charge in [-0.1, -0.05) is 29.8 Å². The third-order valence-electron chi connectivity index (χ3n) is 4.15. The highest BCUT2D eigenvalue weighted by molar-refractivity contribution is 6.30. The van der Waals surface area contributed by atoms with Gasteiger partial charge in [0.25, 0.3) is 5.91 Å². The van der Waals surface area contributed by atoms with Gasteiger partial charge in [0, 0.05) is 23.8 Å². The summed E-state index contributed by atoms with van der Waals surface area (Å²) in [5.74, 6) is 2.11. The molecule has 0 aliphatic rings. The number of rotatable bonds is 9. The number of amides is 1. The van der Waals surface area contributed by atoms with Gasteiger partial charge in [-0.05, 0) is 55.3 Å². The van der Waals surface area contributed by atoms with Gasteiger partial charge >= 0.3 is 0 Å². The van der Waals surface area contributed by atoms with Gasteiger partial charge in [-0.2, -0.15) is 0 Å². The first-order valence-electron chi connectivity index (χ1n) is 9.55. The van der Waals surface area contributed by atoms with Crippen LogP contribution in [0.2, 0.25) is 5.02 Å². The Morgan fingerprint density at radius 1 is 1.03 bits per heavy atom. The van der Waals surface area contributed by atoms with Gasteiger partial charge in [0.15, 0.2) is 18.1 Å². The van der Waals surface area contributed by atoms with Gasteiger partial charge in [0.2, 0.25) is 5.88 Å². The molecule has 1 aromatic heterocycles. The topological polar surface area (TPSA) is 69.7 Å². The summed E-state index contributed by atoms with van der Waals surface area (Å²) in [7, 11) is 0. The highest BCUT2D eigenvalue weighted by Crippen LogP contribution is 2.30. The summed E-state index contributed by atoms with van der Waals surface area (Å²) >= 11 is 5.92. The number of aryl methyl sites for hydroxylation is 1. The molecule has 0 unspecified atom stereocenters. The minimum atomic E-state index is -0.227. The van der Waals surface area contributed by atoms with E-state index in [0.29, 0.717) is 41.3 Å². The number of nitrogens with zero attached hydrogens (tertiary/aromatic N) is 1. The summed E-state index contributed by atoms with van der Waals surface area (Å²) in [6.45, 7) is 4.60. The molecule has 3 aromatic rings. The van der Waals surface area contributed by atoms with Crippen molar-refractivity contribution in [3.05, 3.63) is 76.9 Å². The number of hydrogen-bond acceptors (Lipinski definition) is 5. The number of nitrogens with one attached hydrogen (secondary N) is 1. The molecule has 0 aliphatic carbocycles. The molecule has 156 valence electrons. The summed E-state index contributed by atoms with van der Waals surface area (Å²) in [6, 6.07) is 16.3. The van der Waals surface area contributed by atoms with Crippen LogP contribution in [0.4, 0.5) is 0 Å². The van der Waals surface area contributed by atoms with E-state index in [0.717, 1.165) is 11.1 Å². The van der Waals surface area contributed by atoms with Crippen LogP contribution in [0.15, 0.2) is 60.8 Å². The van der Waals surface area contributed by atoms with E-state index in [2.05, 4.69) is 10.3 Å². The molecule has 0 atom stereocenters. The first-order chi connectivity index (χ1) is 14.5. The van der Waals surface area contributed by atoms with Crippen molar-refractivity contribution < 1.29 is 19.0 Å². The predicted octanol–water partition coefficient (Wildman–Crippen LogP) is 4.93. The van der Waals surface area contributed by atoms with Gasteiger partial charge in [0.05, 0.1) is 6.61 Å². The summed E-state index contributed by atoms with van der Waals surface area (Å²) in [6.07, 6.45) is 1.66. The van der Waals surface area contributed by atoms with Crippen molar-refractivity contribution >= 4 is 17.5 Å². The number of aromatic nitrogens is 1. The maximum absolute atomic E-state index is 12.1. The molecule has 0 bridgehead atoms. The number of halogens is 1. The zero-order valence-electron chi connectivity index (χ0n) is 16.9. The number of ether oxygens (including phenoxy) is 3. The number of carbonyl (C=O) groups is 1. The normalized spacial score (nSPS) is 10.4. The molecule has 0 spiro atoms. The standard InChI is InChI=1S/C23H23ClN2O4/c1-3-28-20-6-4-5-7-21(20)30-23-11-8-17(14-26-23)13-25-22(27)15-29-19-10-9-18(24)12-16(19)2/h4-12,14H,3,13,15H2,1-2H3,(H,25,27). The van der Waals surface area contributed by atoms with Gasteiger partial charge in [-0.3, -0.25) is 4.79 Å². The van der Waals surface area contributed by atoms with E-state index >= 15 is 0 Å².